The number of hydrogen-bond acceptors (Lipinski definition) is 4. The minimum absolute atomic E-state index is 0.863. The van der Waals surface area contributed by atoms with Crippen LogP contribution in [0.2, 0.25) is 0 Å². The Kier molecular flexibility index (Phi) is 1.71. The highest BCUT2D eigenvalue weighted by molar-refractivity contribution is 7.13. The van der Waals surface area contributed by atoms with E-state index in [1.54, 1.807) is 11.3 Å². The topological polar surface area (TPSA) is 25.8 Å². The summed E-state index contributed by atoms with van der Waals surface area (Å²) in [4.78, 5) is 5.42. The van der Waals surface area contributed by atoms with Gasteiger partial charge in [-0.2, -0.15) is 4.37 Å². The first kappa shape index (κ1) is 6.94. The van der Waals surface area contributed by atoms with Crippen LogP contribution in [0.1, 0.15) is 5.01 Å². The maximum Gasteiger partial charge on any atom is 0.183 e. The van der Waals surface area contributed by atoms with Crippen molar-refractivity contribution in [2.24, 2.45) is 0 Å². The Labute approximate surface area is 72.7 Å². The van der Waals surface area contributed by atoms with Crippen molar-refractivity contribution in [2.45, 2.75) is 6.92 Å². The van der Waals surface area contributed by atoms with E-state index in [0.717, 1.165) is 15.7 Å². The van der Waals surface area contributed by atoms with Crippen molar-refractivity contribution in [3.8, 4) is 10.7 Å². The zero-order chi connectivity index (χ0) is 7.68. The summed E-state index contributed by atoms with van der Waals surface area (Å²) < 4.78 is 4.20. The molecule has 0 fully saturated rings. The van der Waals surface area contributed by atoms with Gasteiger partial charge in [0, 0.05) is 0 Å². The molecule has 0 radical (unpaired) electrons. The number of nitrogens with zero attached hydrogens (tertiary/aromatic N) is 2. The van der Waals surface area contributed by atoms with Gasteiger partial charge in [0.2, 0.25) is 0 Å². The van der Waals surface area contributed by atoms with E-state index in [-0.39, 0.29) is 0 Å². The Morgan fingerprint density at radius 2 is 2.36 bits per heavy atom. The van der Waals surface area contributed by atoms with E-state index in [9.17, 15) is 0 Å². The van der Waals surface area contributed by atoms with E-state index in [1.807, 2.05) is 24.4 Å². The molecule has 2 aromatic heterocycles. The SMILES string of the molecule is Cc1nc(-c2cccs2)ns1. The lowest BCUT2D eigenvalue weighted by molar-refractivity contribution is 1.27. The molecule has 2 aromatic rings. The second-order valence-corrected chi connectivity index (χ2v) is 4.02. The van der Waals surface area contributed by atoms with Gasteiger partial charge in [-0.25, -0.2) is 4.98 Å². The fourth-order valence-electron chi connectivity index (χ4n) is 0.805. The van der Waals surface area contributed by atoms with E-state index in [4.69, 9.17) is 0 Å². The second kappa shape index (κ2) is 2.71. The van der Waals surface area contributed by atoms with E-state index >= 15 is 0 Å². The van der Waals surface area contributed by atoms with E-state index in [0.29, 0.717) is 0 Å². The number of thiophene rings is 1. The van der Waals surface area contributed by atoms with Crippen molar-refractivity contribution in [2.75, 3.05) is 0 Å². The third-order valence-corrected chi connectivity index (χ3v) is 2.75. The van der Waals surface area contributed by atoms with Gasteiger partial charge in [0.15, 0.2) is 5.82 Å². The van der Waals surface area contributed by atoms with Gasteiger partial charge in [-0.1, -0.05) is 6.07 Å². The van der Waals surface area contributed by atoms with Gasteiger partial charge in [-0.05, 0) is 29.9 Å². The fraction of sp³-hybridized carbons (Fsp3) is 0.143. The van der Waals surface area contributed by atoms with E-state index < -0.39 is 0 Å². The van der Waals surface area contributed by atoms with Crippen LogP contribution >= 0.6 is 22.9 Å². The summed E-state index contributed by atoms with van der Waals surface area (Å²) in [6, 6.07) is 4.04. The summed E-state index contributed by atoms with van der Waals surface area (Å²) in [5, 5.41) is 3.06. The third-order valence-electron chi connectivity index (χ3n) is 1.27. The molecule has 0 N–H and O–H groups in total. The smallest absolute Gasteiger partial charge is 0.183 e. The van der Waals surface area contributed by atoms with Crippen LogP contribution < -0.4 is 0 Å². The molecule has 2 rings (SSSR count). The zero-order valence-corrected chi connectivity index (χ0v) is 7.58. The van der Waals surface area contributed by atoms with Crippen LogP contribution in [0.15, 0.2) is 17.5 Å². The molecule has 0 unspecified atom stereocenters. The minimum Gasteiger partial charge on any atom is -0.219 e. The first-order valence-corrected chi connectivity index (χ1v) is 4.86. The number of hydrogen-bond donors (Lipinski definition) is 0. The van der Waals surface area contributed by atoms with Crippen LogP contribution in [0.3, 0.4) is 0 Å². The van der Waals surface area contributed by atoms with Gasteiger partial charge in [-0.15, -0.1) is 11.3 Å². The predicted octanol–water partition coefficient (Wildman–Crippen LogP) is 2.58. The van der Waals surface area contributed by atoms with Crippen LogP contribution in [-0.4, -0.2) is 9.36 Å². The van der Waals surface area contributed by atoms with Crippen molar-refractivity contribution in [3.63, 3.8) is 0 Å². The van der Waals surface area contributed by atoms with Crippen molar-refractivity contribution in [1.82, 2.24) is 9.36 Å². The standard InChI is InChI=1S/C7H6N2S2/c1-5-8-7(9-11-5)6-3-2-4-10-6/h2-4H,1H3. The highest BCUT2D eigenvalue weighted by Gasteiger charge is 2.02. The largest absolute Gasteiger partial charge is 0.219 e. The molecule has 0 aliphatic rings. The number of aromatic nitrogens is 2. The third kappa shape index (κ3) is 1.32. The van der Waals surface area contributed by atoms with Crippen LogP contribution in [-0.2, 0) is 0 Å². The molecule has 0 aliphatic heterocycles. The predicted molar refractivity (Wildman–Crippen MR) is 48.0 cm³/mol. The van der Waals surface area contributed by atoms with Gasteiger partial charge >= 0.3 is 0 Å². The van der Waals surface area contributed by atoms with Crippen LogP contribution in [0, 0.1) is 6.92 Å². The van der Waals surface area contributed by atoms with Crippen LogP contribution in [0.5, 0.6) is 0 Å². The van der Waals surface area contributed by atoms with Crippen molar-refractivity contribution in [1.29, 1.82) is 0 Å². The highest BCUT2D eigenvalue weighted by Crippen LogP contribution is 2.22. The van der Waals surface area contributed by atoms with Gasteiger partial charge in [0.05, 0.1) is 4.88 Å². The summed E-state index contributed by atoms with van der Waals surface area (Å²) in [6.07, 6.45) is 0. The summed E-state index contributed by atoms with van der Waals surface area (Å²) >= 11 is 3.12. The zero-order valence-electron chi connectivity index (χ0n) is 5.94. The maximum atomic E-state index is 4.27. The molecule has 0 saturated carbocycles. The summed E-state index contributed by atoms with van der Waals surface area (Å²) in [6.45, 7) is 1.97. The fourth-order valence-corrected chi connectivity index (χ4v) is 2.01. The number of aryl methyl sites for hydroxylation is 1. The van der Waals surface area contributed by atoms with Crippen molar-refractivity contribution in [3.05, 3.63) is 22.5 Å². The lowest BCUT2D eigenvalue weighted by Gasteiger charge is -1.82. The van der Waals surface area contributed by atoms with Gasteiger partial charge in [-0.3, -0.25) is 0 Å². The Morgan fingerprint density at radius 3 is 2.91 bits per heavy atom. The summed E-state index contributed by atoms with van der Waals surface area (Å²) in [5.41, 5.74) is 0. The van der Waals surface area contributed by atoms with E-state index in [2.05, 4.69) is 9.36 Å². The van der Waals surface area contributed by atoms with Crippen molar-refractivity contribution < 1.29 is 0 Å². The quantitative estimate of drug-likeness (QED) is 0.677. The van der Waals surface area contributed by atoms with E-state index in [1.165, 1.54) is 11.5 Å². The normalized spacial score (nSPS) is 10.3. The monoisotopic (exact) mass is 182 g/mol. The lowest BCUT2D eigenvalue weighted by atomic mass is 10.4. The molecular weight excluding hydrogens is 176 g/mol. The molecule has 0 saturated heterocycles. The molecule has 2 nitrogen and oxygen atoms in total. The van der Waals surface area contributed by atoms with Crippen LogP contribution in [0.4, 0.5) is 0 Å². The van der Waals surface area contributed by atoms with Crippen molar-refractivity contribution >= 4 is 22.9 Å². The Balaban J connectivity index is 2.45. The first-order valence-electron chi connectivity index (χ1n) is 3.20. The molecule has 2 heterocycles. The molecule has 56 valence electrons. The summed E-state index contributed by atoms with van der Waals surface area (Å²) in [5.74, 6) is 0.863. The highest BCUT2D eigenvalue weighted by atomic mass is 32.1. The lowest BCUT2D eigenvalue weighted by Crippen LogP contribution is -1.73. The maximum absolute atomic E-state index is 4.27. The first-order chi connectivity index (χ1) is 5.36. The molecule has 0 aliphatic carbocycles. The molecule has 0 aromatic carbocycles. The molecule has 4 heteroatoms. The Morgan fingerprint density at radius 1 is 1.45 bits per heavy atom. The van der Waals surface area contributed by atoms with Gasteiger partial charge < -0.3 is 0 Å². The molecule has 0 bridgehead atoms. The van der Waals surface area contributed by atoms with Gasteiger partial charge in [0.1, 0.15) is 5.01 Å². The van der Waals surface area contributed by atoms with Crippen LogP contribution in [0.25, 0.3) is 10.7 Å². The number of rotatable bonds is 1. The summed E-state index contributed by atoms with van der Waals surface area (Å²) in [7, 11) is 0. The molecule has 0 spiro atoms. The second-order valence-electron chi connectivity index (χ2n) is 2.11. The Hall–Kier alpha value is -0.740. The average Bonchev–Trinajstić information content (AvgIpc) is 2.55. The molecule has 0 amide bonds. The molecule has 11 heavy (non-hydrogen) atoms. The molecular formula is C7H6N2S2. The molecule has 0 atom stereocenters. The van der Waals surface area contributed by atoms with Gasteiger partial charge in [0.25, 0.3) is 0 Å². The average molecular weight is 182 g/mol. The minimum atomic E-state index is 0.863. The Bertz CT molecular complexity index is 337.